The molecule has 2 aromatic rings. The van der Waals surface area contributed by atoms with Gasteiger partial charge in [-0.15, -0.1) is 11.3 Å². The van der Waals surface area contributed by atoms with Crippen molar-refractivity contribution in [2.45, 2.75) is 26.2 Å². The van der Waals surface area contributed by atoms with E-state index >= 15 is 0 Å². The van der Waals surface area contributed by atoms with Crippen molar-refractivity contribution in [2.75, 3.05) is 0 Å². The summed E-state index contributed by atoms with van der Waals surface area (Å²) in [5, 5.41) is 10.5. The van der Waals surface area contributed by atoms with Gasteiger partial charge in [0.25, 0.3) is 0 Å². The van der Waals surface area contributed by atoms with Crippen LogP contribution in [0.2, 0.25) is 5.02 Å². The number of halogens is 1. The molecule has 0 radical (unpaired) electrons. The molecule has 0 amide bonds. The second-order valence-electron chi connectivity index (χ2n) is 4.32. The van der Waals surface area contributed by atoms with Crippen LogP contribution in [0, 0.1) is 11.3 Å². The maximum atomic E-state index is 8.85. The van der Waals surface area contributed by atoms with Gasteiger partial charge in [0.05, 0.1) is 18.2 Å². The molecular weight excluding hydrogens is 264 g/mol. The summed E-state index contributed by atoms with van der Waals surface area (Å²) < 4.78 is 0. The Labute approximate surface area is 116 Å². The lowest BCUT2D eigenvalue weighted by atomic mass is 10.1. The highest BCUT2D eigenvalue weighted by atomic mass is 35.5. The van der Waals surface area contributed by atoms with Gasteiger partial charge >= 0.3 is 0 Å². The quantitative estimate of drug-likeness (QED) is 0.818. The van der Waals surface area contributed by atoms with Crippen LogP contribution in [0.15, 0.2) is 24.3 Å². The lowest BCUT2D eigenvalue weighted by molar-refractivity contribution is 0.822. The Morgan fingerprint density at radius 2 is 2.00 bits per heavy atom. The molecule has 1 heterocycles. The minimum atomic E-state index is 0.339. The van der Waals surface area contributed by atoms with Crippen LogP contribution < -0.4 is 0 Å². The fourth-order valence-corrected chi connectivity index (χ4v) is 3.01. The van der Waals surface area contributed by atoms with Crippen LogP contribution >= 0.6 is 22.9 Å². The van der Waals surface area contributed by atoms with Crippen molar-refractivity contribution < 1.29 is 0 Å². The summed E-state index contributed by atoms with van der Waals surface area (Å²) in [5.74, 6) is 0.339. The lowest BCUT2D eigenvalue weighted by Gasteiger charge is -2.01. The Hall–Kier alpha value is -1.37. The van der Waals surface area contributed by atoms with Crippen molar-refractivity contribution in [1.82, 2.24) is 4.98 Å². The average molecular weight is 277 g/mol. The van der Waals surface area contributed by atoms with E-state index in [0.29, 0.717) is 12.3 Å². The van der Waals surface area contributed by atoms with E-state index in [0.717, 1.165) is 26.2 Å². The SMILES string of the molecule is CC(C)c1nc(-c2ccc(Cl)cc2)sc1CC#N. The van der Waals surface area contributed by atoms with E-state index in [1.54, 1.807) is 11.3 Å². The topological polar surface area (TPSA) is 36.7 Å². The van der Waals surface area contributed by atoms with Crippen LogP contribution in [0.3, 0.4) is 0 Å². The summed E-state index contributed by atoms with van der Waals surface area (Å²) in [7, 11) is 0. The summed E-state index contributed by atoms with van der Waals surface area (Å²) in [6.07, 6.45) is 0.429. The molecule has 0 aliphatic carbocycles. The van der Waals surface area contributed by atoms with Gasteiger partial charge in [0.2, 0.25) is 0 Å². The monoisotopic (exact) mass is 276 g/mol. The molecule has 4 heteroatoms. The Morgan fingerprint density at radius 1 is 1.33 bits per heavy atom. The molecule has 0 N–H and O–H groups in total. The summed E-state index contributed by atoms with van der Waals surface area (Å²) in [4.78, 5) is 5.72. The molecule has 1 aromatic carbocycles. The van der Waals surface area contributed by atoms with Gasteiger partial charge < -0.3 is 0 Å². The van der Waals surface area contributed by atoms with Crippen LogP contribution in [-0.2, 0) is 6.42 Å². The minimum Gasteiger partial charge on any atom is -0.241 e. The van der Waals surface area contributed by atoms with Gasteiger partial charge in [-0.2, -0.15) is 5.26 Å². The zero-order valence-corrected chi connectivity index (χ0v) is 11.8. The molecule has 0 bridgehead atoms. The van der Waals surface area contributed by atoms with Gasteiger partial charge in [0.15, 0.2) is 0 Å². The van der Waals surface area contributed by atoms with Crippen LogP contribution in [0.4, 0.5) is 0 Å². The summed E-state index contributed by atoms with van der Waals surface area (Å²) in [6, 6.07) is 9.84. The third-order valence-corrected chi connectivity index (χ3v) is 3.98. The van der Waals surface area contributed by atoms with Crippen LogP contribution in [0.5, 0.6) is 0 Å². The zero-order valence-electron chi connectivity index (χ0n) is 10.3. The predicted molar refractivity (Wildman–Crippen MR) is 76.0 cm³/mol. The Morgan fingerprint density at radius 3 is 2.56 bits per heavy atom. The Bertz CT molecular complexity index is 579. The first-order valence-corrected chi connectivity index (χ1v) is 6.93. The van der Waals surface area contributed by atoms with E-state index < -0.39 is 0 Å². The van der Waals surface area contributed by atoms with Gasteiger partial charge in [-0.3, -0.25) is 0 Å². The molecule has 92 valence electrons. The van der Waals surface area contributed by atoms with Crippen molar-refractivity contribution in [3.05, 3.63) is 39.9 Å². The molecule has 0 unspecified atom stereocenters. The molecule has 0 fully saturated rings. The van der Waals surface area contributed by atoms with Crippen LogP contribution in [-0.4, -0.2) is 4.98 Å². The van der Waals surface area contributed by atoms with Crippen molar-refractivity contribution in [3.8, 4) is 16.6 Å². The largest absolute Gasteiger partial charge is 0.241 e. The molecule has 2 nitrogen and oxygen atoms in total. The number of thiazole rings is 1. The molecular formula is C14H13ClN2S. The van der Waals surface area contributed by atoms with Gasteiger partial charge in [0, 0.05) is 15.5 Å². The Kier molecular flexibility index (Phi) is 4.00. The first kappa shape index (κ1) is 13.1. The third-order valence-electron chi connectivity index (χ3n) is 2.61. The van der Waals surface area contributed by atoms with Crippen molar-refractivity contribution in [2.24, 2.45) is 0 Å². The highest BCUT2D eigenvalue weighted by Gasteiger charge is 2.14. The number of nitriles is 1. The van der Waals surface area contributed by atoms with E-state index in [-0.39, 0.29) is 0 Å². The molecule has 0 spiro atoms. The van der Waals surface area contributed by atoms with Crippen molar-refractivity contribution >= 4 is 22.9 Å². The van der Waals surface area contributed by atoms with Gasteiger partial charge in [-0.25, -0.2) is 4.98 Å². The maximum absolute atomic E-state index is 8.85. The number of benzene rings is 1. The molecule has 0 saturated carbocycles. The highest BCUT2D eigenvalue weighted by Crippen LogP contribution is 2.32. The number of rotatable bonds is 3. The maximum Gasteiger partial charge on any atom is 0.123 e. The van der Waals surface area contributed by atoms with Crippen LogP contribution in [0.25, 0.3) is 10.6 Å². The van der Waals surface area contributed by atoms with Crippen LogP contribution in [0.1, 0.15) is 30.3 Å². The van der Waals surface area contributed by atoms with Gasteiger partial charge in [0.1, 0.15) is 5.01 Å². The van der Waals surface area contributed by atoms with Crippen molar-refractivity contribution in [3.63, 3.8) is 0 Å². The van der Waals surface area contributed by atoms with E-state index in [1.165, 1.54) is 0 Å². The lowest BCUT2D eigenvalue weighted by Crippen LogP contribution is -1.92. The molecule has 2 rings (SSSR count). The average Bonchev–Trinajstić information content (AvgIpc) is 2.75. The molecule has 0 saturated heterocycles. The number of hydrogen-bond acceptors (Lipinski definition) is 3. The van der Waals surface area contributed by atoms with Crippen molar-refractivity contribution in [1.29, 1.82) is 5.26 Å². The van der Waals surface area contributed by atoms with E-state index in [1.807, 2.05) is 24.3 Å². The molecule has 0 aliphatic rings. The highest BCUT2D eigenvalue weighted by molar-refractivity contribution is 7.15. The number of hydrogen-bond donors (Lipinski definition) is 0. The zero-order chi connectivity index (χ0) is 13.1. The first-order chi connectivity index (χ1) is 8.61. The smallest absolute Gasteiger partial charge is 0.123 e. The van der Waals surface area contributed by atoms with Gasteiger partial charge in [-0.1, -0.05) is 37.6 Å². The molecule has 0 atom stereocenters. The van der Waals surface area contributed by atoms with E-state index in [2.05, 4.69) is 24.9 Å². The van der Waals surface area contributed by atoms with E-state index in [9.17, 15) is 0 Å². The van der Waals surface area contributed by atoms with E-state index in [4.69, 9.17) is 16.9 Å². The summed E-state index contributed by atoms with van der Waals surface area (Å²) >= 11 is 7.47. The standard InChI is InChI=1S/C14H13ClN2S/c1-9(2)13-12(7-8-16)18-14(17-13)10-3-5-11(15)6-4-10/h3-6,9H,7H2,1-2H3. The Balaban J connectivity index is 2.43. The number of nitrogens with zero attached hydrogens (tertiary/aromatic N) is 2. The second kappa shape index (κ2) is 5.51. The predicted octanol–water partition coefficient (Wildman–Crippen LogP) is 4.65. The fourth-order valence-electron chi connectivity index (χ4n) is 1.73. The summed E-state index contributed by atoms with van der Waals surface area (Å²) in [6.45, 7) is 4.20. The molecule has 18 heavy (non-hydrogen) atoms. The normalized spacial score (nSPS) is 10.6. The third kappa shape index (κ3) is 2.72. The summed E-state index contributed by atoms with van der Waals surface area (Å²) in [5.41, 5.74) is 2.09. The first-order valence-electron chi connectivity index (χ1n) is 5.74. The number of aromatic nitrogens is 1. The van der Waals surface area contributed by atoms with Gasteiger partial charge in [-0.05, 0) is 18.1 Å². The minimum absolute atomic E-state index is 0.339. The molecule has 1 aromatic heterocycles. The second-order valence-corrected chi connectivity index (χ2v) is 5.84. The fraction of sp³-hybridized carbons (Fsp3) is 0.286. The molecule has 0 aliphatic heterocycles.